The number of likely N-dealkylation sites (N-methyl/N-ethyl adjacent to an activating group) is 2. The molecule has 5 amide bonds. The van der Waals surface area contributed by atoms with Crippen LogP contribution in [0.2, 0.25) is 0 Å². The van der Waals surface area contributed by atoms with Crippen molar-refractivity contribution in [2.45, 2.75) is 82.2 Å². The number of rotatable bonds is 22. The summed E-state index contributed by atoms with van der Waals surface area (Å²) in [5.41, 5.74) is 1.91. The number of fused-ring (bicyclic) bond motifs is 3. The summed E-state index contributed by atoms with van der Waals surface area (Å²) in [5.74, 6) is 2.25. The van der Waals surface area contributed by atoms with Crippen LogP contribution in [0.1, 0.15) is 109 Å². The number of piperidine rings is 2. The first kappa shape index (κ1) is 90.1. The molecule has 0 bridgehead atoms. The molecule has 0 saturated carbocycles. The fourth-order valence-corrected chi connectivity index (χ4v) is 14.2. The minimum atomic E-state index is -4.83. The zero-order valence-electron chi connectivity index (χ0n) is 69.5. The lowest BCUT2D eigenvalue weighted by molar-refractivity contribution is -0.140. The quantitative estimate of drug-likeness (QED) is 0.0311. The van der Waals surface area contributed by atoms with E-state index >= 15 is 0 Å². The predicted octanol–water partition coefficient (Wildman–Crippen LogP) is 13.0. The van der Waals surface area contributed by atoms with Crippen LogP contribution in [0.3, 0.4) is 0 Å². The fraction of sp³-hybridized carbons (Fsp3) is 0.353. The van der Waals surface area contributed by atoms with Crippen molar-refractivity contribution in [1.82, 2.24) is 69.9 Å². The highest BCUT2D eigenvalue weighted by atomic mass is 19.4. The first-order valence-corrected chi connectivity index (χ1v) is 38.5. The molecule has 14 rings (SSSR count). The Morgan fingerprint density at radius 1 is 0.484 bits per heavy atom. The second-order valence-electron chi connectivity index (χ2n) is 29.8. The molecule has 4 atom stereocenters. The smallest absolute Gasteiger partial charge is 0.423 e. The van der Waals surface area contributed by atoms with Crippen molar-refractivity contribution >= 4 is 64.4 Å². The molecule has 0 unspecified atom stereocenters. The minimum Gasteiger partial charge on any atom is -0.495 e. The normalized spacial score (nSPS) is 16.9. The summed E-state index contributed by atoms with van der Waals surface area (Å²) >= 11 is 0. The van der Waals surface area contributed by atoms with E-state index < -0.39 is 52.9 Å². The molecular weight excluding hydrogens is 1640 g/mol. The van der Waals surface area contributed by atoms with E-state index in [0.717, 1.165) is 25.9 Å². The van der Waals surface area contributed by atoms with Gasteiger partial charge in [0, 0.05) is 103 Å². The molecule has 39 heteroatoms. The SMILES string of the molecule is COc1cc(C#CCN(C)C)ccc1Nc1ncc(C(F)(F)F)c(Oc2cccc3c2C(=O)N(C)C3)n1.COc1cc(C(=O)N[C@@H]2CCN(C)C[C@H]2OC)c(C)cc1Nc1ncc(C(F)(F)F)c(Oc2cccc3c2C(=O)N(C)C3)n1.COc1cc(C(=O)N[C@H]2CCN(C)C[C@@H]2OC)ccc1Nc1ncc(C(F)(F)F)c(Oc2cccc3c2C(=O)N(C)C3)n1. The molecule has 9 aromatic rings. The molecule has 8 heterocycles. The molecule has 124 heavy (non-hydrogen) atoms. The Morgan fingerprint density at radius 2 is 0.863 bits per heavy atom. The minimum absolute atomic E-state index is 0.0137. The van der Waals surface area contributed by atoms with Gasteiger partial charge in [0.05, 0.1) is 85.9 Å². The van der Waals surface area contributed by atoms with E-state index in [0.29, 0.717) is 120 Å². The molecule has 0 radical (unpaired) electrons. The van der Waals surface area contributed by atoms with E-state index in [-0.39, 0.29) is 117 Å². The number of ether oxygens (including phenoxy) is 8. The summed E-state index contributed by atoms with van der Waals surface area (Å²) < 4.78 is 169. The number of likely N-dealkylation sites (tertiary alicyclic amines) is 2. The number of nitrogens with zero attached hydrogens (tertiary/aromatic N) is 12. The molecule has 2 fully saturated rings. The number of amides is 5. The van der Waals surface area contributed by atoms with Crippen LogP contribution in [-0.4, -0.2) is 231 Å². The summed E-state index contributed by atoms with van der Waals surface area (Å²) in [5, 5.41) is 14.7. The summed E-state index contributed by atoms with van der Waals surface area (Å²) in [4.78, 5) is 98.2. The topological polar surface area (TPSA) is 316 Å². The summed E-state index contributed by atoms with van der Waals surface area (Å²) in [6.07, 6.45) is -11.5. The van der Waals surface area contributed by atoms with Gasteiger partial charge in [-0.3, -0.25) is 28.9 Å². The first-order chi connectivity index (χ1) is 58.9. The summed E-state index contributed by atoms with van der Waals surface area (Å²) in [7, 11) is 20.1. The largest absolute Gasteiger partial charge is 0.495 e. The van der Waals surface area contributed by atoms with Crippen LogP contribution in [0.25, 0.3) is 0 Å². The standard InChI is InChI=1S/C30H33F3N6O5.C29H31F3N6O5.C26H24F3N5O3/c1-16-11-21(23(42-4)12-18(16)26(40)35-20-9-10-38(2)15-24(20)43-5)36-29-34-13-19(30(31,32)33)27(37-29)44-22-8-6-7-17-14-39(3)28(41)25(17)22;1-37-11-10-20(23(15-37)42-4)34-25(39)16-8-9-19(22(12-16)41-3)35-28-33-13-18(29(30,31)32)26(36-28)43-21-7-5-6-17-14-38(2)27(40)24(17)21;1-33(2)12-6-7-16-10-11-19(21(13-16)36-4)31-25-30-14-18(26(27,28)29)23(32-25)37-20-9-5-8-17-15-34(3)24(35)22(17)20/h6-8,11-13,20,24H,9-10,14-15H2,1-5H3,(H,35,40)(H,34,36,37);5-9,12-13,20,23H,10-11,14-15H2,1-4H3,(H,34,39)(H,33,35,36);5,8-11,13-14H,12,15H2,1-4H3,(H,30,31,32)/t20-,24-;20-,23-;/m10./s1. The number of halogens is 9. The summed E-state index contributed by atoms with van der Waals surface area (Å²) in [6.45, 7) is 6.27. The number of aryl methyl sites for hydroxylation is 1. The number of carbonyl (C=O) groups is 5. The third-order valence-corrected chi connectivity index (χ3v) is 20.6. The van der Waals surface area contributed by atoms with Gasteiger partial charge < -0.3 is 89.0 Å². The van der Waals surface area contributed by atoms with Gasteiger partial charge in [0.25, 0.3) is 29.5 Å². The zero-order valence-corrected chi connectivity index (χ0v) is 69.5. The maximum absolute atomic E-state index is 13.9. The molecule has 5 aliphatic rings. The molecule has 0 spiro atoms. The Balaban J connectivity index is 0.000000170. The Hall–Kier alpha value is -13.2. The number of methoxy groups -OCH3 is 5. The molecule has 0 aliphatic carbocycles. The number of carbonyl (C=O) groups excluding carboxylic acids is 5. The lowest BCUT2D eigenvalue weighted by Gasteiger charge is -2.36. The van der Waals surface area contributed by atoms with Gasteiger partial charge in [0.2, 0.25) is 35.5 Å². The maximum atomic E-state index is 13.9. The number of nitrogens with one attached hydrogen (secondary N) is 5. The molecule has 3 aromatic heterocycles. The van der Waals surface area contributed by atoms with Gasteiger partial charge in [-0.2, -0.15) is 54.5 Å². The van der Waals surface area contributed by atoms with Crippen molar-refractivity contribution in [3.05, 3.63) is 194 Å². The van der Waals surface area contributed by atoms with Gasteiger partial charge in [0.1, 0.15) is 51.2 Å². The Labute approximate surface area is 706 Å². The van der Waals surface area contributed by atoms with Crippen LogP contribution in [0.15, 0.2) is 122 Å². The lowest BCUT2D eigenvalue weighted by atomic mass is 10.0. The highest BCUT2D eigenvalue weighted by molar-refractivity contribution is 6.03. The average molecular weight is 1730 g/mol. The van der Waals surface area contributed by atoms with Gasteiger partial charge in [-0.15, -0.1) is 0 Å². The van der Waals surface area contributed by atoms with Crippen LogP contribution in [-0.2, 0) is 47.6 Å². The number of hydrogen-bond donors (Lipinski definition) is 5. The fourth-order valence-electron chi connectivity index (χ4n) is 14.2. The number of anilines is 6. The maximum Gasteiger partial charge on any atom is 0.423 e. The van der Waals surface area contributed by atoms with Crippen LogP contribution >= 0.6 is 0 Å². The van der Waals surface area contributed by atoms with Crippen molar-refractivity contribution in [3.8, 4) is 64.0 Å². The van der Waals surface area contributed by atoms with E-state index in [9.17, 15) is 63.5 Å². The number of hydrogen-bond acceptors (Lipinski definition) is 25. The number of aromatic nitrogens is 6. The second kappa shape index (κ2) is 38.1. The average Bonchev–Trinajstić information content (AvgIpc) is 1.62. The van der Waals surface area contributed by atoms with Gasteiger partial charge in [-0.05, 0) is 150 Å². The molecule has 2 saturated heterocycles. The van der Waals surface area contributed by atoms with E-state index in [2.05, 4.69) is 78.1 Å². The molecule has 5 aliphatic heterocycles. The van der Waals surface area contributed by atoms with Gasteiger partial charge in [-0.1, -0.05) is 48.2 Å². The Bertz CT molecular complexity index is 5580. The summed E-state index contributed by atoms with van der Waals surface area (Å²) in [6, 6.07) is 26.7. The molecular formula is C85H88F9N17O13. The van der Waals surface area contributed by atoms with Crippen molar-refractivity contribution < 1.29 is 101 Å². The molecule has 654 valence electrons. The van der Waals surface area contributed by atoms with Crippen LogP contribution < -0.4 is 55.0 Å². The van der Waals surface area contributed by atoms with Crippen molar-refractivity contribution in [3.63, 3.8) is 0 Å². The van der Waals surface area contributed by atoms with E-state index in [4.69, 9.17) is 37.9 Å². The third-order valence-electron chi connectivity index (χ3n) is 20.6. The predicted molar refractivity (Wildman–Crippen MR) is 435 cm³/mol. The van der Waals surface area contributed by atoms with Gasteiger partial charge >= 0.3 is 18.5 Å². The van der Waals surface area contributed by atoms with E-state index in [1.54, 1.807) is 115 Å². The second-order valence-corrected chi connectivity index (χ2v) is 29.8. The lowest BCUT2D eigenvalue weighted by Crippen LogP contribution is -2.53. The van der Waals surface area contributed by atoms with E-state index in [1.165, 1.54) is 66.4 Å². The zero-order chi connectivity index (χ0) is 89.4. The first-order valence-electron chi connectivity index (χ1n) is 38.5. The van der Waals surface area contributed by atoms with Gasteiger partial charge in [-0.25, -0.2) is 15.0 Å². The number of benzene rings is 6. The van der Waals surface area contributed by atoms with E-state index in [1.807, 2.05) is 33.1 Å². The van der Waals surface area contributed by atoms with Crippen molar-refractivity contribution in [2.24, 2.45) is 0 Å². The molecule has 6 aromatic carbocycles. The third kappa shape index (κ3) is 20.9. The van der Waals surface area contributed by atoms with Crippen LogP contribution in [0.5, 0.6) is 52.1 Å². The van der Waals surface area contributed by atoms with Crippen LogP contribution in [0.4, 0.5) is 74.4 Å². The molecule has 5 N–H and O–H groups in total. The number of alkyl halides is 9. The highest BCUT2D eigenvalue weighted by Crippen LogP contribution is 2.45. The Kier molecular flexibility index (Phi) is 27.7. The van der Waals surface area contributed by atoms with Crippen LogP contribution in [0, 0.1) is 18.8 Å². The van der Waals surface area contributed by atoms with Crippen molar-refractivity contribution in [2.75, 3.05) is 134 Å². The Morgan fingerprint density at radius 3 is 1.25 bits per heavy atom. The molecule has 30 nitrogen and oxygen atoms in total. The monoisotopic (exact) mass is 1730 g/mol. The van der Waals surface area contributed by atoms with Gasteiger partial charge in [0.15, 0.2) is 0 Å². The van der Waals surface area contributed by atoms with Crippen molar-refractivity contribution in [1.29, 1.82) is 0 Å². The highest BCUT2D eigenvalue weighted by Gasteiger charge is 2.42.